The molecule has 3 aromatic rings. The number of rotatable bonds is 4. The van der Waals surface area contributed by atoms with Crippen LogP contribution in [-0.4, -0.2) is 39.5 Å². The molecular weight excluding hydrogens is 380 g/mol. The highest BCUT2D eigenvalue weighted by atomic mass is 16.4. The lowest BCUT2D eigenvalue weighted by atomic mass is 9.81. The number of para-hydroxylation sites is 1. The summed E-state index contributed by atoms with van der Waals surface area (Å²) in [5.74, 6) is 0.260. The van der Waals surface area contributed by atoms with Gasteiger partial charge in [0.15, 0.2) is 5.82 Å². The number of hydrogen-bond acceptors (Lipinski definition) is 6. The molecule has 1 aromatic heterocycles. The van der Waals surface area contributed by atoms with E-state index in [-0.39, 0.29) is 17.2 Å². The second kappa shape index (κ2) is 8.02. The van der Waals surface area contributed by atoms with Crippen molar-refractivity contribution in [3.8, 4) is 17.0 Å². The predicted molar refractivity (Wildman–Crippen MR) is 116 cm³/mol. The van der Waals surface area contributed by atoms with Gasteiger partial charge in [0.2, 0.25) is 0 Å². The summed E-state index contributed by atoms with van der Waals surface area (Å²) in [6, 6.07) is 16.0. The molecule has 0 spiro atoms. The summed E-state index contributed by atoms with van der Waals surface area (Å²) < 4.78 is 0. The Morgan fingerprint density at radius 1 is 1.13 bits per heavy atom. The van der Waals surface area contributed by atoms with E-state index in [2.05, 4.69) is 22.0 Å². The first-order valence-corrected chi connectivity index (χ1v) is 9.94. The Balaban J connectivity index is 1.63. The number of nitrogens with zero attached hydrogens (tertiary/aromatic N) is 3. The van der Waals surface area contributed by atoms with Crippen LogP contribution in [0.4, 0.5) is 11.5 Å². The fraction of sp³-hybridized carbons (Fsp3) is 0.261. The average Bonchev–Trinajstić information content (AvgIpc) is 2.75. The first-order valence-electron chi connectivity index (χ1n) is 9.94. The number of carboxylic acid groups (broad SMARTS) is 1. The molecule has 0 radical (unpaired) electrons. The van der Waals surface area contributed by atoms with E-state index in [9.17, 15) is 9.90 Å². The molecule has 30 heavy (non-hydrogen) atoms. The van der Waals surface area contributed by atoms with E-state index < -0.39 is 5.97 Å². The summed E-state index contributed by atoms with van der Waals surface area (Å²) in [7, 11) is 0. The Kier molecular flexibility index (Phi) is 5.27. The largest absolute Gasteiger partial charge is 0.507 e. The third kappa shape index (κ3) is 3.78. The molecule has 4 rings (SSSR count). The summed E-state index contributed by atoms with van der Waals surface area (Å²) in [4.78, 5) is 13.3. The number of carbonyl (C=O) groups is 1. The van der Waals surface area contributed by atoms with Crippen LogP contribution < -0.4 is 10.6 Å². The normalized spacial score (nSPS) is 18.9. The van der Waals surface area contributed by atoms with Gasteiger partial charge in [0.1, 0.15) is 5.75 Å². The minimum Gasteiger partial charge on any atom is -0.507 e. The van der Waals surface area contributed by atoms with Gasteiger partial charge in [-0.3, -0.25) is 0 Å². The summed E-state index contributed by atoms with van der Waals surface area (Å²) in [6.45, 7) is 3.79. The molecule has 0 bridgehead atoms. The molecule has 1 aliphatic rings. The van der Waals surface area contributed by atoms with Gasteiger partial charge in [-0.25, -0.2) is 4.79 Å². The molecule has 2 unspecified atom stereocenters. The maximum absolute atomic E-state index is 11.1. The van der Waals surface area contributed by atoms with Gasteiger partial charge in [-0.1, -0.05) is 31.2 Å². The van der Waals surface area contributed by atoms with Crippen molar-refractivity contribution in [2.45, 2.75) is 19.3 Å². The van der Waals surface area contributed by atoms with Crippen LogP contribution in [0.1, 0.15) is 35.2 Å². The van der Waals surface area contributed by atoms with E-state index in [4.69, 9.17) is 10.8 Å². The second-order valence-corrected chi connectivity index (χ2v) is 7.76. The fourth-order valence-electron chi connectivity index (χ4n) is 4.06. The number of nitrogen functional groups attached to an aromatic ring is 1. The highest BCUT2D eigenvalue weighted by molar-refractivity contribution is 5.87. The number of aromatic carboxylic acids is 1. The fourth-order valence-corrected chi connectivity index (χ4v) is 4.06. The van der Waals surface area contributed by atoms with Crippen molar-refractivity contribution in [3.63, 3.8) is 0 Å². The summed E-state index contributed by atoms with van der Waals surface area (Å²) >= 11 is 0. The predicted octanol–water partition coefficient (Wildman–Crippen LogP) is 3.76. The third-order valence-electron chi connectivity index (χ3n) is 5.87. The van der Waals surface area contributed by atoms with Crippen molar-refractivity contribution < 1.29 is 15.0 Å². The second-order valence-electron chi connectivity index (χ2n) is 7.76. The minimum absolute atomic E-state index is 0.145. The molecule has 7 nitrogen and oxygen atoms in total. The monoisotopic (exact) mass is 404 g/mol. The number of anilines is 2. The lowest BCUT2D eigenvalue weighted by Crippen LogP contribution is -2.39. The summed E-state index contributed by atoms with van der Waals surface area (Å²) in [6.07, 6.45) is 0.971. The number of piperidine rings is 1. The molecule has 1 saturated heterocycles. The summed E-state index contributed by atoms with van der Waals surface area (Å²) in [5, 5.41) is 27.6. The highest BCUT2D eigenvalue weighted by Crippen LogP contribution is 2.37. The molecule has 2 atom stereocenters. The van der Waals surface area contributed by atoms with Crippen LogP contribution in [0.15, 0.2) is 54.6 Å². The number of benzene rings is 2. The van der Waals surface area contributed by atoms with Crippen molar-refractivity contribution in [1.82, 2.24) is 10.2 Å². The van der Waals surface area contributed by atoms with E-state index in [0.717, 1.165) is 30.8 Å². The van der Waals surface area contributed by atoms with Crippen LogP contribution in [0.2, 0.25) is 0 Å². The molecule has 0 aliphatic carbocycles. The third-order valence-corrected chi connectivity index (χ3v) is 5.87. The van der Waals surface area contributed by atoms with Gasteiger partial charge in [0, 0.05) is 24.6 Å². The van der Waals surface area contributed by atoms with Gasteiger partial charge in [-0.2, -0.15) is 0 Å². The van der Waals surface area contributed by atoms with Crippen LogP contribution in [-0.2, 0) is 0 Å². The van der Waals surface area contributed by atoms with Gasteiger partial charge < -0.3 is 20.8 Å². The number of phenolic OH excluding ortho intramolecular Hbond substituents is 1. The molecule has 2 heterocycles. The Morgan fingerprint density at radius 2 is 1.87 bits per heavy atom. The topological polar surface area (TPSA) is 113 Å². The lowest BCUT2D eigenvalue weighted by Gasteiger charge is -2.39. The molecule has 0 saturated carbocycles. The van der Waals surface area contributed by atoms with Crippen LogP contribution in [0.25, 0.3) is 11.3 Å². The van der Waals surface area contributed by atoms with Crippen LogP contribution in [0.5, 0.6) is 5.75 Å². The molecular formula is C23H24N4O3. The highest BCUT2D eigenvalue weighted by Gasteiger charge is 2.29. The number of phenols is 1. The zero-order valence-corrected chi connectivity index (χ0v) is 16.7. The molecule has 4 N–H and O–H groups in total. The van der Waals surface area contributed by atoms with Crippen molar-refractivity contribution in [3.05, 3.63) is 65.7 Å². The zero-order chi connectivity index (χ0) is 21.3. The van der Waals surface area contributed by atoms with Gasteiger partial charge >= 0.3 is 5.97 Å². The SMILES string of the molecule is CC1CCN(c2cc(-c3ccccc3O)nnc2N)CC1c1ccc(C(=O)O)cc1. The van der Waals surface area contributed by atoms with Crippen LogP contribution >= 0.6 is 0 Å². The Morgan fingerprint density at radius 3 is 2.57 bits per heavy atom. The smallest absolute Gasteiger partial charge is 0.335 e. The molecule has 0 amide bonds. The quantitative estimate of drug-likeness (QED) is 0.607. The maximum atomic E-state index is 11.1. The number of aromatic nitrogens is 2. The zero-order valence-electron chi connectivity index (χ0n) is 16.7. The standard InChI is InChI=1S/C23H24N4O3/c1-14-10-11-27(13-18(14)15-6-8-16(9-7-15)23(29)30)20-12-19(25-26-22(20)24)17-4-2-3-5-21(17)28/h2-9,12,14,18,28H,10-11,13H2,1H3,(H2,24,26)(H,29,30). The lowest BCUT2D eigenvalue weighted by molar-refractivity contribution is 0.0697. The first-order chi connectivity index (χ1) is 14.4. The molecule has 1 aliphatic heterocycles. The van der Waals surface area contributed by atoms with Gasteiger partial charge in [0.05, 0.1) is 16.9 Å². The molecule has 2 aromatic carbocycles. The minimum atomic E-state index is -0.924. The average molecular weight is 404 g/mol. The van der Waals surface area contributed by atoms with Gasteiger partial charge in [0.25, 0.3) is 0 Å². The van der Waals surface area contributed by atoms with E-state index in [0.29, 0.717) is 23.0 Å². The molecule has 1 fully saturated rings. The van der Waals surface area contributed by atoms with E-state index in [1.165, 1.54) is 0 Å². The Bertz CT molecular complexity index is 1070. The Labute approximate surface area is 174 Å². The van der Waals surface area contributed by atoms with Crippen molar-refractivity contribution in [1.29, 1.82) is 0 Å². The van der Waals surface area contributed by atoms with Gasteiger partial charge in [-0.15, -0.1) is 10.2 Å². The van der Waals surface area contributed by atoms with E-state index >= 15 is 0 Å². The molecule has 154 valence electrons. The molecule has 7 heteroatoms. The Hall–Kier alpha value is -3.61. The van der Waals surface area contributed by atoms with Crippen molar-refractivity contribution in [2.24, 2.45) is 5.92 Å². The summed E-state index contributed by atoms with van der Waals surface area (Å²) in [5.41, 5.74) is 9.53. The van der Waals surface area contributed by atoms with E-state index in [1.54, 1.807) is 30.3 Å². The van der Waals surface area contributed by atoms with Gasteiger partial charge in [-0.05, 0) is 48.2 Å². The van der Waals surface area contributed by atoms with Crippen molar-refractivity contribution >= 4 is 17.5 Å². The number of carboxylic acids is 1. The number of hydrogen-bond donors (Lipinski definition) is 3. The van der Waals surface area contributed by atoms with Crippen LogP contribution in [0.3, 0.4) is 0 Å². The van der Waals surface area contributed by atoms with Crippen molar-refractivity contribution in [2.75, 3.05) is 23.7 Å². The maximum Gasteiger partial charge on any atom is 0.335 e. The van der Waals surface area contributed by atoms with Crippen LogP contribution in [0, 0.1) is 5.92 Å². The number of aromatic hydroxyl groups is 1. The van der Waals surface area contributed by atoms with E-state index in [1.807, 2.05) is 24.3 Å². The first kappa shape index (κ1) is 19.7. The number of nitrogens with two attached hydrogens (primary N) is 1.